The molecule has 8 heteroatoms. The molecule has 2 N–H and O–H groups in total. The van der Waals surface area contributed by atoms with Crippen LogP contribution in [0.1, 0.15) is 120 Å². The number of fused-ring (bicyclic) bond motifs is 5. The summed E-state index contributed by atoms with van der Waals surface area (Å²) in [7, 11) is 0. The first-order valence-corrected chi connectivity index (χ1v) is 16.3. The van der Waals surface area contributed by atoms with Crippen LogP contribution in [0, 0.1) is 46.3 Å². The Balaban J connectivity index is 1.67. The summed E-state index contributed by atoms with van der Waals surface area (Å²) in [6.07, 6.45) is 5.11. The normalized spacial score (nSPS) is 42.8. The summed E-state index contributed by atoms with van der Waals surface area (Å²) in [5.74, 6) is 0.632. The van der Waals surface area contributed by atoms with E-state index in [1.54, 1.807) is 0 Å². The first kappa shape index (κ1) is 33.2. The van der Waals surface area contributed by atoms with Crippen molar-refractivity contribution in [3.63, 3.8) is 0 Å². The van der Waals surface area contributed by atoms with Gasteiger partial charge in [0.25, 0.3) is 0 Å². The van der Waals surface area contributed by atoms with Crippen LogP contribution in [0.2, 0.25) is 0 Å². The van der Waals surface area contributed by atoms with Gasteiger partial charge in [-0.15, -0.1) is 0 Å². The molecule has 0 aromatic carbocycles. The zero-order valence-corrected chi connectivity index (χ0v) is 27.4. The van der Waals surface area contributed by atoms with E-state index >= 15 is 0 Å². The van der Waals surface area contributed by atoms with Gasteiger partial charge in [-0.05, 0) is 93.3 Å². The van der Waals surface area contributed by atoms with E-state index in [-0.39, 0.29) is 29.6 Å². The van der Waals surface area contributed by atoms with Crippen LogP contribution in [-0.4, -0.2) is 57.6 Å². The first-order chi connectivity index (χ1) is 19.3. The third-order valence-corrected chi connectivity index (χ3v) is 12.8. The van der Waals surface area contributed by atoms with Crippen molar-refractivity contribution >= 4 is 17.9 Å². The van der Waals surface area contributed by atoms with Gasteiger partial charge in [0, 0.05) is 39.0 Å². The summed E-state index contributed by atoms with van der Waals surface area (Å²) in [5, 5.41) is 23.1. The van der Waals surface area contributed by atoms with Gasteiger partial charge < -0.3 is 24.4 Å². The number of hydrogen-bond acceptors (Lipinski definition) is 8. The van der Waals surface area contributed by atoms with Crippen LogP contribution in [0.4, 0.5) is 0 Å². The van der Waals surface area contributed by atoms with Gasteiger partial charge in [-0.25, -0.2) is 0 Å². The molecule has 0 unspecified atom stereocenters. The van der Waals surface area contributed by atoms with Crippen LogP contribution in [0.25, 0.3) is 0 Å². The van der Waals surface area contributed by atoms with Crippen molar-refractivity contribution < 1.29 is 38.8 Å². The molecule has 240 valence electrons. The highest BCUT2D eigenvalue weighted by Gasteiger charge is 2.72. The lowest BCUT2D eigenvalue weighted by Gasteiger charge is -2.67. The number of rotatable bonds is 8. The highest BCUT2D eigenvalue weighted by atomic mass is 16.6. The fourth-order valence-corrected chi connectivity index (χ4v) is 10.3. The molecule has 0 aromatic rings. The van der Waals surface area contributed by atoms with Crippen molar-refractivity contribution in [2.75, 3.05) is 0 Å². The Hall–Kier alpha value is -1.67. The second-order valence-corrected chi connectivity index (χ2v) is 15.5. The van der Waals surface area contributed by atoms with E-state index in [0.29, 0.717) is 30.6 Å². The summed E-state index contributed by atoms with van der Waals surface area (Å²) in [6, 6.07) is 0. The minimum absolute atomic E-state index is 0.0688. The number of carbonyl (C=O) groups excluding carboxylic acids is 3. The second kappa shape index (κ2) is 11.7. The molecule has 4 aliphatic rings. The number of carbonyl (C=O) groups is 3. The molecule has 12 atom stereocenters. The SMILES string of the molecule is CC(=O)O[C@H]1C[C@@H](OC(C)=O)[C@]2(C)[C@H]3CC[C@@]4(C)[C@@H](CC[C@H]4[C@H](C)CC[C@@H](C)C(C)(C)O)[C@@H]3C[C@@H](OC(C)=O)[C@@]2(O)C1. The zero-order chi connectivity index (χ0) is 31.4. The second-order valence-electron chi connectivity index (χ2n) is 15.5. The topological polar surface area (TPSA) is 119 Å². The van der Waals surface area contributed by atoms with Crippen LogP contribution in [0.3, 0.4) is 0 Å². The van der Waals surface area contributed by atoms with E-state index in [9.17, 15) is 24.6 Å². The average molecular weight is 593 g/mol. The maximum atomic E-state index is 12.6. The smallest absolute Gasteiger partial charge is 0.303 e. The molecular formula is C34H56O8. The zero-order valence-electron chi connectivity index (χ0n) is 27.4. The van der Waals surface area contributed by atoms with Crippen molar-refractivity contribution in [2.45, 2.75) is 150 Å². The summed E-state index contributed by atoms with van der Waals surface area (Å²) >= 11 is 0. The lowest BCUT2D eigenvalue weighted by Crippen LogP contribution is -2.73. The molecule has 0 saturated heterocycles. The van der Waals surface area contributed by atoms with E-state index in [4.69, 9.17) is 14.2 Å². The Morgan fingerprint density at radius 1 is 0.857 bits per heavy atom. The van der Waals surface area contributed by atoms with Crippen LogP contribution >= 0.6 is 0 Å². The van der Waals surface area contributed by atoms with Gasteiger partial charge in [-0.3, -0.25) is 14.4 Å². The monoisotopic (exact) mass is 592 g/mol. The van der Waals surface area contributed by atoms with Gasteiger partial charge in [-0.2, -0.15) is 0 Å². The molecule has 0 spiro atoms. The lowest BCUT2D eigenvalue weighted by molar-refractivity contribution is -0.300. The maximum Gasteiger partial charge on any atom is 0.303 e. The maximum absolute atomic E-state index is 12.6. The molecule has 0 aliphatic heterocycles. The molecule has 4 aliphatic carbocycles. The Morgan fingerprint density at radius 3 is 2.02 bits per heavy atom. The predicted octanol–water partition coefficient (Wildman–Crippen LogP) is 5.60. The minimum atomic E-state index is -1.51. The van der Waals surface area contributed by atoms with Crippen molar-refractivity contribution in [3.8, 4) is 0 Å². The Morgan fingerprint density at radius 2 is 1.45 bits per heavy atom. The summed E-state index contributed by atoms with van der Waals surface area (Å²) in [5.41, 5.74) is -2.94. The fourth-order valence-electron chi connectivity index (χ4n) is 10.3. The number of esters is 3. The van der Waals surface area contributed by atoms with E-state index < -0.39 is 52.8 Å². The van der Waals surface area contributed by atoms with E-state index in [2.05, 4.69) is 20.8 Å². The minimum Gasteiger partial charge on any atom is -0.462 e. The molecule has 42 heavy (non-hydrogen) atoms. The first-order valence-electron chi connectivity index (χ1n) is 16.3. The Bertz CT molecular complexity index is 1040. The molecular weight excluding hydrogens is 536 g/mol. The number of ether oxygens (including phenoxy) is 3. The molecule has 0 heterocycles. The van der Waals surface area contributed by atoms with E-state index in [1.807, 2.05) is 20.8 Å². The number of hydrogen-bond donors (Lipinski definition) is 2. The average Bonchev–Trinajstić information content (AvgIpc) is 3.20. The van der Waals surface area contributed by atoms with Crippen molar-refractivity contribution in [1.29, 1.82) is 0 Å². The molecule has 0 bridgehead atoms. The van der Waals surface area contributed by atoms with Gasteiger partial charge in [0.15, 0.2) is 0 Å². The van der Waals surface area contributed by atoms with Crippen LogP contribution in [0.5, 0.6) is 0 Å². The molecule has 4 rings (SSSR count). The van der Waals surface area contributed by atoms with Gasteiger partial charge in [0.2, 0.25) is 0 Å². The Labute approximate surface area is 252 Å². The van der Waals surface area contributed by atoms with Crippen LogP contribution in [0.15, 0.2) is 0 Å². The van der Waals surface area contributed by atoms with Gasteiger partial charge >= 0.3 is 17.9 Å². The predicted molar refractivity (Wildman–Crippen MR) is 158 cm³/mol. The molecule has 0 radical (unpaired) electrons. The van der Waals surface area contributed by atoms with Gasteiger partial charge in [-0.1, -0.05) is 34.1 Å². The third-order valence-electron chi connectivity index (χ3n) is 12.8. The highest BCUT2D eigenvalue weighted by Crippen LogP contribution is 2.70. The molecule has 0 amide bonds. The highest BCUT2D eigenvalue weighted by molar-refractivity contribution is 5.67. The van der Waals surface area contributed by atoms with Crippen LogP contribution < -0.4 is 0 Å². The van der Waals surface area contributed by atoms with E-state index in [1.165, 1.54) is 20.8 Å². The quantitative estimate of drug-likeness (QED) is 0.276. The molecule has 4 fully saturated rings. The van der Waals surface area contributed by atoms with Crippen molar-refractivity contribution in [1.82, 2.24) is 0 Å². The summed E-state index contributed by atoms with van der Waals surface area (Å²) in [4.78, 5) is 36.8. The Kier molecular flexibility index (Phi) is 9.24. The number of aliphatic hydroxyl groups is 2. The van der Waals surface area contributed by atoms with E-state index in [0.717, 1.165) is 38.5 Å². The standard InChI is InChI=1S/C34H56O8/c1-19(10-11-20(2)31(6,7)38)26-12-13-27-25-17-30(42-23(5)37)34(39)18-24(40-21(3)35)16-29(41-22(4)36)33(34,9)28(25)14-15-32(26,27)8/h19-20,24-30,38-39H,10-18H2,1-9H3/t19-,20-,24+,25+,26+,27+,28+,29-,30-,32-,33+,34+/m1/s1. The molecule has 4 saturated carbocycles. The van der Waals surface area contributed by atoms with Crippen molar-refractivity contribution in [2.24, 2.45) is 46.3 Å². The summed E-state index contributed by atoms with van der Waals surface area (Å²) < 4.78 is 17.5. The van der Waals surface area contributed by atoms with Gasteiger partial charge in [0.1, 0.15) is 23.9 Å². The third kappa shape index (κ3) is 5.76. The lowest BCUT2D eigenvalue weighted by atomic mass is 9.41. The molecule has 0 aromatic heterocycles. The largest absolute Gasteiger partial charge is 0.462 e. The molecule has 8 nitrogen and oxygen atoms in total. The van der Waals surface area contributed by atoms with Gasteiger partial charge in [0.05, 0.1) is 5.60 Å². The fraction of sp³-hybridized carbons (Fsp3) is 0.912. The summed E-state index contributed by atoms with van der Waals surface area (Å²) in [6.45, 7) is 16.8. The van der Waals surface area contributed by atoms with Crippen molar-refractivity contribution in [3.05, 3.63) is 0 Å². The van der Waals surface area contributed by atoms with Crippen LogP contribution in [-0.2, 0) is 28.6 Å².